The van der Waals surface area contributed by atoms with Gasteiger partial charge in [0.15, 0.2) is 11.3 Å². The summed E-state index contributed by atoms with van der Waals surface area (Å²) in [6.07, 6.45) is 4.44. The number of benzene rings is 1. The van der Waals surface area contributed by atoms with Gasteiger partial charge in [-0.15, -0.1) is 5.10 Å². The lowest BCUT2D eigenvalue weighted by Gasteiger charge is -2.32. The number of hydrazone groups is 1. The molecule has 2 aliphatic rings. The van der Waals surface area contributed by atoms with Crippen LogP contribution in [0.4, 0.5) is 5.88 Å². The van der Waals surface area contributed by atoms with Crippen LogP contribution >= 0.6 is 27.7 Å². The van der Waals surface area contributed by atoms with Gasteiger partial charge in [-0.25, -0.2) is 5.01 Å². The molecule has 142 valence electrons. The van der Waals surface area contributed by atoms with Crippen LogP contribution < -0.4 is 15.9 Å². The molecule has 0 bridgehead atoms. The van der Waals surface area contributed by atoms with Gasteiger partial charge >= 0.3 is 5.88 Å². The molecule has 3 heterocycles. The summed E-state index contributed by atoms with van der Waals surface area (Å²) in [4.78, 5) is 27.5. The summed E-state index contributed by atoms with van der Waals surface area (Å²) in [6, 6.07) is 8.24. The highest BCUT2D eigenvalue weighted by molar-refractivity contribution is 9.10. The topological polar surface area (TPSA) is 113 Å². The molecule has 11 heteroatoms. The van der Waals surface area contributed by atoms with Gasteiger partial charge in [0, 0.05) is 9.69 Å². The van der Waals surface area contributed by atoms with Gasteiger partial charge in [0.1, 0.15) is 16.4 Å². The van der Waals surface area contributed by atoms with Crippen molar-refractivity contribution in [1.29, 1.82) is 0 Å². The van der Waals surface area contributed by atoms with E-state index in [1.54, 1.807) is 12.2 Å². The van der Waals surface area contributed by atoms with Gasteiger partial charge in [0.2, 0.25) is 0 Å². The standard InChI is InChI=1S/C17H12BrN5O4S/c1-28-17-20-16(24)15-11-8-9(18)2-5-12(11)19-13(22(15)21-17)6-3-10-4-7-14(27-10)23(25)26/h2-8,13H,1H3,(H,20,21,24)/b6-3+/t13-/m1/s1. The molecular weight excluding hydrogens is 450 g/mol. The van der Waals surface area contributed by atoms with Crippen LogP contribution in [0.25, 0.3) is 11.8 Å². The van der Waals surface area contributed by atoms with Gasteiger partial charge in [-0.3, -0.25) is 25.2 Å². The summed E-state index contributed by atoms with van der Waals surface area (Å²) in [6.45, 7) is 0. The monoisotopic (exact) mass is 461 g/mol. The molecule has 0 unspecified atom stereocenters. The van der Waals surface area contributed by atoms with Crippen molar-refractivity contribution in [3.63, 3.8) is 0 Å². The van der Waals surface area contributed by atoms with Crippen LogP contribution in [0.15, 0.2) is 55.4 Å². The van der Waals surface area contributed by atoms with E-state index in [2.05, 4.69) is 31.3 Å². The SMILES string of the molecule is CSC1=NN2C(=c3cc(Br)ccc3=N[C@H]2/C=C/c2ccc([N+](=O)[O-])o2)C(=O)N1. The van der Waals surface area contributed by atoms with Crippen LogP contribution in [0.5, 0.6) is 0 Å². The molecule has 0 aliphatic carbocycles. The predicted octanol–water partition coefficient (Wildman–Crippen LogP) is 1.80. The molecule has 2 aliphatic heterocycles. The summed E-state index contributed by atoms with van der Waals surface area (Å²) in [5.41, 5.74) is 0.379. The molecule has 0 spiro atoms. The zero-order valence-electron chi connectivity index (χ0n) is 14.3. The predicted molar refractivity (Wildman–Crippen MR) is 107 cm³/mol. The largest absolute Gasteiger partial charge is 0.433 e. The Hall–Kier alpha value is -2.92. The number of fused-ring (bicyclic) bond motifs is 2. The molecule has 4 rings (SSSR count). The quantitative estimate of drug-likeness (QED) is 0.550. The molecule has 1 amide bonds. The second kappa shape index (κ2) is 7.24. The summed E-state index contributed by atoms with van der Waals surface area (Å²) in [7, 11) is 0. The van der Waals surface area contributed by atoms with E-state index in [9.17, 15) is 14.9 Å². The number of amidine groups is 1. The number of halogens is 1. The van der Waals surface area contributed by atoms with Crippen LogP contribution in [0.3, 0.4) is 0 Å². The first-order valence-corrected chi connectivity index (χ1v) is 10.0. The highest BCUT2D eigenvalue weighted by Crippen LogP contribution is 2.23. The van der Waals surface area contributed by atoms with E-state index in [1.807, 2.05) is 24.5 Å². The Morgan fingerprint density at radius 1 is 1.39 bits per heavy atom. The second-order valence-corrected chi connectivity index (χ2v) is 7.46. The number of rotatable bonds is 3. The van der Waals surface area contributed by atoms with Crippen molar-refractivity contribution < 1.29 is 14.1 Å². The smallest absolute Gasteiger partial charge is 0.401 e. The number of carbonyl (C=O) groups excluding carboxylic acids is 1. The van der Waals surface area contributed by atoms with Crippen molar-refractivity contribution >= 4 is 56.4 Å². The minimum Gasteiger partial charge on any atom is -0.401 e. The van der Waals surface area contributed by atoms with Crippen molar-refractivity contribution in [2.45, 2.75) is 6.17 Å². The van der Waals surface area contributed by atoms with E-state index in [0.29, 0.717) is 27.2 Å². The second-order valence-electron chi connectivity index (χ2n) is 5.75. The number of hydrogen-bond donors (Lipinski definition) is 1. The summed E-state index contributed by atoms with van der Waals surface area (Å²) >= 11 is 4.72. The molecule has 2 aromatic rings. The molecule has 28 heavy (non-hydrogen) atoms. The Labute approximate surface area is 170 Å². The first kappa shape index (κ1) is 18.4. The Morgan fingerprint density at radius 2 is 2.21 bits per heavy atom. The Morgan fingerprint density at radius 3 is 2.93 bits per heavy atom. The van der Waals surface area contributed by atoms with Crippen molar-refractivity contribution in [2.75, 3.05) is 6.26 Å². The molecule has 1 aromatic heterocycles. The lowest BCUT2D eigenvalue weighted by atomic mass is 10.1. The lowest BCUT2D eigenvalue weighted by molar-refractivity contribution is -0.402. The highest BCUT2D eigenvalue weighted by atomic mass is 79.9. The van der Waals surface area contributed by atoms with Gasteiger partial charge < -0.3 is 4.42 Å². The van der Waals surface area contributed by atoms with Crippen LogP contribution in [0.2, 0.25) is 0 Å². The summed E-state index contributed by atoms with van der Waals surface area (Å²) in [5.74, 6) is -0.316. The van der Waals surface area contributed by atoms with E-state index in [0.717, 1.165) is 4.47 Å². The van der Waals surface area contributed by atoms with E-state index < -0.39 is 11.1 Å². The Kier molecular flexibility index (Phi) is 4.77. The molecule has 1 aromatic carbocycles. The number of nitrogens with one attached hydrogen (secondary N) is 1. The average Bonchev–Trinajstić information content (AvgIpc) is 3.15. The lowest BCUT2D eigenvalue weighted by Crippen LogP contribution is -2.52. The number of hydrogen-bond acceptors (Lipinski definition) is 8. The van der Waals surface area contributed by atoms with Crippen molar-refractivity contribution in [3.05, 3.63) is 67.3 Å². The highest BCUT2D eigenvalue weighted by Gasteiger charge is 2.32. The number of furan rings is 1. The molecule has 0 radical (unpaired) electrons. The van der Waals surface area contributed by atoms with Gasteiger partial charge in [-0.1, -0.05) is 27.7 Å². The van der Waals surface area contributed by atoms with E-state index in [4.69, 9.17) is 4.42 Å². The van der Waals surface area contributed by atoms with Gasteiger partial charge in [0.25, 0.3) is 5.91 Å². The number of nitrogens with zero attached hydrogens (tertiary/aromatic N) is 4. The van der Waals surface area contributed by atoms with Crippen molar-refractivity contribution in [1.82, 2.24) is 10.3 Å². The van der Waals surface area contributed by atoms with Gasteiger partial charge in [0.05, 0.1) is 11.4 Å². The third-order valence-electron chi connectivity index (χ3n) is 4.02. The fourth-order valence-corrected chi connectivity index (χ4v) is 3.53. The first-order chi connectivity index (χ1) is 13.5. The Bertz CT molecular complexity index is 1170. The minimum absolute atomic E-state index is 0.277. The third-order valence-corrected chi connectivity index (χ3v) is 5.08. The van der Waals surface area contributed by atoms with Gasteiger partial charge in [-0.2, -0.15) is 0 Å². The maximum absolute atomic E-state index is 12.7. The number of carbonyl (C=O) groups is 1. The van der Waals surface area contributed by atoms with Gasteiger partial charge in [-0.05, 0) is 42.7 Å². The normalized spacial score (nSPS) is 18.3. The van der Waals surface area contributed by atoms with E-state index in [1.165, 1.54) is 28.9 Å². The molecule has 0 saturated carbocycles. The number of nitro groups is 1. The molecule has 1 N–H and O–H groups in total. The zero-order valence-corrected chi connectivity index (χ0v) is 16.7. The van der Waals surface area contributed by atoms with Crippen LogP contribution in [-0.2, 0) is 4.79 Å². The van der Waals surface area contributed by atoms with Crippen molar-refractivity contribution in [2.24, 2.45) is 10.1 Å². The maximum atomic E-state index is 12.7. The molecule has 1 atom stereocenters. The molecular formula is C17H12BrN5O4S. The van der Waals surface area contributed by atoms with Crippen LogP contribution in [-0.4, -0.2) is 33.4 Å². The van der Waals surface area contributed by atoms with Crippen LogP contribution in [0, 0.1) is 10.1 Å². The first-order valence-electron chi connectivity index (χ1n) is 7.99. The number of thioether (sulfide) groups is 1. The molecule has 9 nitrogen and oxygen atoms in total. The van der Waals surface area contributed by atoms with E-state index >= 15 is 0 Å². The third kappa shape index (κ3) is 3.34. The fourth-order valence-electron chi connectivity index (χ4n) is 2.81. The molecule has 0 fully saturated rings. The maximum Gasteiger partial charge on any atom is 0.433 e. The summed E-state index contributed by atoms with van der Waals surface area (Å²) < 4.78 is 5.96. The number of amides is 1. The van der Waals surface area contributed by atoms with E-state index in [-0.39, 0.29) is 11.8 Å². The average molecular weight is 462 g/mol. The van der Waals surface area contributed by atoms with Crippen molar-refractivity contribution in [3.8, 4) is 0 Å². The Balaban J connectivity index is 1.81. The minimum atomic E-state index is -0.610. The molecule has 0 saturated heterocycles. The summed E-state index contributed by atoms with van der Waals surface area (Å²) in [5, 5.41) is 21.3. The fraction of sp³-hybridized carbons (Fsp3) is 0.118. The zero-order chi connectivity index (χ0) is 19.8. The van der Waals surface area contributed by atoms with Crippen LogP contribution in [0.1, 0.15) is 5.76 Å².